The molecule has 0 radical (unpaired) electrons. The first-order valence-corrected chi connectivity index (χ1v) is 9.59. The Balaban J connectivity index is 1.51. The van der Waals surface area contributed by atoms with E-state index in [0.29, 0.717) is 33.1 Å². The predicted octanol–water partition coefficient (Wildman–Crippen LogP) is 4.96. The molecule has 1 heterocycles. The zero-order chi connectivity index (χ0) is 21.1. The summed E-state index contributed by atoms with van der Waals surface area (Å²) >= 11 is 6.01. The first-order valence-electron chi connectivity index (χ1n) is 9.21. The average molecular weight is 422 g/mol. The van der Waals surface area contributed by atoms with Gasteiger partial charge in [0.1, 0.15) is 24.0 Å². The third-order valence-corrected chi connectivity index (χ3v) is 4.92. The number of rotatable bonds is 5. The van der Waals surface area contributed by atoms with Crippen LogP contribution in [0.3, 0.4) is 0 Å². The number of aromatic nitrogens is 2. The van der Waals surface area contributed by atoms with Crippen LogP contribution in [-0.2, 0) is 6.61 Å². The van der Waals surface area contributed by atoms with Crippen LogP contribution in [0.25, 0.3) is 10.9 Å². The molecule has 0 aliphatic rings. The highest BCUT2D eigenvalue weighted by Gasteiger charge is 2.08. The standard InChI is InChI=1S/C23H17ClFN3O2/c1-15-27-22-8-3-2-5-18(22)23(29)28(15)26-13-16-9-11-17(12-10-16)30-14-19-20(24)6-4-7-21(19)25/h2-13H,14H2,1H3/b26-13-. The van der Waals surface area contributed by atoms with Crippen molar-refractivity contribution in [2.45, 2.75) is 13.5 Å². The summed E-state index contributed by atoms with van der Waals surface area (Å²) < 4.78 is 20.7. The molecule has 30 heavy (non-hydrogen) atoms. The fourth-order valence-corrected chi connectivity index (χ4v) is 3.19. The van der Waals surface area contributed by atoms with Crippen molar-refractivity contribution in [3.8, 4) is 5.75 Å². The largest absolute Gasteiger partial charge is 0.489 e. The Hall–Kier alpha value is -3.51. The van der Waals surface area contributed by atoms with E-state index in [4.69, 9.17) is 16.3 Å². The second-order valence-electron chi connectivity index (χ2n) is 6.60. The highest BCUT2D eigenvalue weighted by molar-refractivity contribution is 6.31. The van der Waals surface area contributed by atoms with Crippen LogP contribution in [0.2, 0.25) is 5.02 Å². The summed E-state index contributed by atoms with van der Waals surface area (Å²) in [4.78, 5) is 17.1. The lowest BCUT2D eigenvalue weighted by atomic mass is 10.2. The Bertz CT molecular complexity index is 1280. The fraction of sp³-hybridized carbons (Fsp3) is 0.0870. The lowest BCUT2D eigenvalue weighted by Crippen LogP contribution is -2.20. The van der Waals surface area contributed by atoms with Crippen LogP contribution in [0.4, 0.5) is 4.39 Å². The third kappa shape index (κ3) is 4.09. The first-order chi connectivity index (χ1) is 14.5. The van der Waals surface area contributed by atoms with Gasteiger partial charge in [-0.2, -0.15) is 9.78 Å². The number of fused-ring (bicyclic) bond motifs is 1. The molecule has 0 spiro atoms. The Morgan fingerprint density at radius 3 is 2.63 bits per heavy atom. The molecule has 0 saturated carbocycles. The summed E-state index contributed by atoms with van der Waals surface area (Å²) in [6, 6.07) is 18.7. The molecule has 0 atom stereocenters. The zero-order valence-electron chi connectivity index (χ0n) is 16.0. The smallest absolute Gasteiger partial charge is 0.282 e. The molecule has 0 aliphatic heterocycles. The van der Waals surface area contributed by atoms with Crippen LogP contribution in [0.15, 0.2) is 76.6 Å². The van der Waals surface area contributed by atoms with Crippen molar-refractivity contribution >= 4 is 28.7 Å². The van der Waals surface area contributed by atoms with Crippen LogP contribution in [0, 0.1) is 12.7 Å². The summed E-state index contributed by atoms with van der Waals surface area (Å²) in [7, 11) is 0. The van der Waals surface area contributed by atoms with Crippen LogP contribution in [0.5, 0.6) is 5.75 Å². The number of benzene rings is 3. The molecule has 0 unspecified atom stereocenters. The van der Waals surface area contributed by atoms with Crippen LogP contribution >= 0.6 is 11.6 Å². The second kappa shape index (κ2) is 8.47. The van der Waals surface area contributed by atoms with Crippen molar-refractivity contribution in [2.75, 3.05) is 0 Å². The van der Waals surface area contributed by atoms with Gasteiger partial charge in [0, 0.05) is 5.56 Å². The summed E-state index contributed by atoms with van der Waals surface area (Å²) in [5, 5.41) is 5.11. The topological polar surface area (TPSA) is 56.5 Å². The quantitative estimate of drug-likeness (QED) is 0.428. The SMILES string of the molecule is Cc1nc2ccccc2c(=O)n1/N=C\c1ccc(OCc2c(F)cccc2Cl)cc1. The molecule has 7 heteroatoms. The minimum absolute atomic E-state index is 0.0241. The van der Waals surface area contributed by atoms with Gasteiger partial charge in [-0.05, 0) is 61.0 Å². The van der Waals surface area contributed by atoms with Gasteiger partial charge in [0.15, 0.2) is 0 Å². The van der Waals surface area contributed by atoms with E-state index in [1.54, 1.807) is 67.7 Å². The molecule has 0 aliphatic carbocycles. The van der Waals surface area contributed by atoms with Gasteiger partial charge in [-0.1, -0.05) is 29.8 Å². The summed E-state index contributed by atoms with van der Waals surface area (Å²) in [6.45, 7) is 1.76. The normalized spacial score (nSPS) is 11.3. The number of para-hydroxylation sites is 1. The molecule has 0 N–H and O–H groups in total. The Kier molecular flexibility index (Phi) is 5.59. The minimum atomic E-state index is -0.406. The number of aryl methyl sites for hydroxylation is 1. The van der Waals surface area contributed by atoms with Gasteiger partial charge in [-0.3, -0.25) is 4.79 Å². The van der Waals surface area contributed by atoms with Crippen molar-refractivity contribution < 1.29 is 9.13 Å². The van der Waals surface area contributed by atoms with E-state index in [0.717, 1.165) is 5.56 Å². The Morgan fingerprint density at radius 1 is 1.10 bits per heavy atom. The van der Waals surface area contributed by atoms with E-state index >= 15 is 0 Å². The van der Waals surface area contributed by atoms with E-state index in [-0.39, 0.29) is 12.2 Å². The number of hydrogen-bond acceptors (Lipinski definition) is 4. The molecule has 1 aromatic heterocycles. The minimum Gasteiger partial charge on any atom is -0.489 e. The first kappa shape index (κ1) is 19.8. The van der Waals surface area contributed by atoms with Crippen LogP contribution in [-0.4, -0.2) is 15.9 Å². The highest BCUT2D eigenvalue weighted by atomic mass is 35.5. The Labute approximate surface area is 177 Å². The van der Waals surface area contributed by atoms with Crippen LogP contribution < -0.4 is 10.3 Å². The van der Waals surface area contributed by atoms with Gasteiger partial charge in [0.2, 0.25) is 0 Å². The lowest BCUT2D eigenvalue weighted by Gasteiger charge is -2.09. The maximum Gasteiger partial charge on any atom is 0.282 e. The van der Waals surface area contributed by atoms with E-state index in [2.05, 4.69) is 10.1 Å². The molecule has 4 aromatic rings. The van der Waals surface area contributed by atoms with Crippen molar-refractivity contribution in [2.24, 2.45) is 5.10 Å². The number of nitrogens with zero attached hydrogens (tertiary/aromatic N) is 3. The Morgan fingerprint density at radius 2 is 1.87 bits per heavy atom. The second-order valence-corrected chi connectivity index (χ2v) is 7.00. The molecule has 0 saturated heterocycles. The van der Waals surface area contributed by atoms with E-state index < -0.39 is 5.82 Å². The molecular weight excluding hydrogens is 405 g/mol. The third-order valence-electron chi connectivity index (χ3n) is 4.56. The molecule has 3 aromatic carbocycles. The van der Waals surface area contributed by atoms with Gasteiger partial charge in [-0.25, -0.2) is 9.37 Å². The van der Waals surface area contributed by atoms with Gasteiger partial charge < -0.3 is 4.74 Å². The van der Waals surface area contributed by atoms with Gasteiger partial charge in [0.05, 0.1) is 22.1 Å². The fourth-order valence-electron chi connectivity index (χ4n) is 2.97. The van der Waals surface area contributed by atoms with Crippen molar-refractivity contribution in [3.05, 3.63) is 105 Å². The lowest BCUT2D eigenvalue weighted by molar-refractivity contribution is 0.300. The van der Waals surface area contributed by atoms with E-state index in [1.807, 2.05) is 6.07 Å². The molecule has 150 valence electrons. The van der Waals surface area contributed by atoms with Gasteiger partial charge in [0.25, 0.3) is 5.56 Å². The summed E-state index contributed by atoms with van der Waals surface area (Å²) in [5.41, 5.74) is 1.49. The summed E-state index contributed by atoms with van der Waals surface area (Å²) in [5.74, 6) is 0.653. The van der Waals surface area contributed by atoms with Crippen LogP contribution in [0.1, 0.15) is 17.0 Å². The maximum atomic E-state index is 13.8. The predicted molar refractivity (Wildman–Crippen MR) is 116 cm³/mol. The monoisotopic (exact) mass is 421 g/mol. The van der Waals surface area contributed by atoms with Gasteiger partial charge >= 0.3 is 0 Å². The molecule has 0 amide bonds. The molecule has 0 fully saturated rings. The number of hydrogen-bond donors (Lipinski definition) is 0. The molecule has 0 bridgehead atoms. The zero-order valence-corrected chi connectivity index (χ0v) is 16.8. The van der Waals surface area contributed by atoms with Crippen molar-refractivity contribution in [3.63, 3.8) is 0 Å². The summed E-state index contributed by atoms with van der Waals surface area (Å²) in [6.07, 6.45) is 1.57. The van der Waals surface area contributed by atoms with Crippen molar-refractivity contribution in [1.29, 1.82) is 0 Å². The van der Waals surface area contributed by atoms with E-state index in [1.165, 1.54) is 10.7 Å². The molecule has 5 nitrogen and oxygen atoms in total. The average Bonchev–Trinajstić information content (AvgIpc) is 2.74. The maximum absolute atomic E-state index is 13.8. The van der Waals surface area contributed by atoms with Gasteiger partial charge in [-0.15, -0.1) is 0 Å². The van der Waals surface area contributed by atoms with E-state index in [9.17, 15) is 9.18 Å². The highest BCUT2D eigenvalue weighted by Crippen LogP contribution is 2.21. The molecular formula is C23H17ClFN3O2. The number of halogens is 2. The molecule has 4 rings (SSSR count). The number of ether oxygens (including phenoxy) is 1. The van der Waals surface area contributed by atoms with Crippen molar-refractivity contribution in [1.82, 2.24) is 9.66 Å².